The Kier molecular flexibility index (Phi) is 5.06. The van der Waals surface area contributed by atoms with Gasteiger partial charge in [-0.15, -0.1) is 11.8 Å². The minimum atomic E-state index is -1.32. The molecule has 0 saturated heterocycles. The van der Waals surface area contributed by atoms with Crippen LogP contribution in [0.15, 0.2) is 35.2 Å². The van der Waals surface area contributed by atoms with Crippen molar-refractivity contribution in [3.8, 4) is 0 Å². The number of carboxylic acid groups (broad SMARTS) is 1. The molecular formula is C17H22O5S. The largest absolute Gasteiger partial charge is 0.481 e. The maximum Gasteiger partial charge on any atom is 0.322 e. The summed E-state index contributed by atoms with van der Waals surface area (Å²) in [6.07, 6.45) is -0.985. The van der Waals surface area contributed by atoms with Crippen molar-refractivity contribution in [2.75, 3.05) is 6.61 Å². The number of aliphatic hydroxyl groups excluding tert-OH is 1. The molecule has 0 spiro atoms. The van der Waals surface area contributed by atoms with Gasteiger partial charge >= 0.3 is 11.9 Å². The molecule has 0 bridgehead atoms. The molecule has 0 aromatic heterocycles. The summed E-state index contributed by atoms with van der Waals surface area (Å²) in [6, 6.07) is 9.13. The van der Waals surface area contributed by atoms with Crippen LogP contribution in [0.4, 0.5) is 0 Å². The van der Waals surface area contributed by atoms with Gasteiger partial charge in [-0.25, -0.2) is 0 Å². The van der Waals surface area contributed by atoms with Crippen LogP contribution in [0.2, 0.25) is 0 Å². The lowest BCUT2D eigenvalue weighted by Gasteiger charge is -2.28. The number of rotatable bonds is 7. The molecule has 1 saturated carbocycles. The Labute approximate surface area is 140 Å². The molecular weight excluding hydrogens is 316 g/mol. The fourth-order valence-electron chi connectivity index (χ4n) is 3.02. The molecule has 2 rings (SSSR count). The number of esters is 1. The molecule has 0 amide bonds. The lowest BCUT2D eigenvalue weighted by molar-refractivity contribution is -0.153. The van der Waals surface area contributed by atoms with Crippen molar-refractivity contribution in [1.29, 1.82) is 0 Å². The molecule has 1 aliphatic rings. The van der Waals surface area contributed by atoms with E-state index in [1.165, 1.54) is 0 Å². The molecule has 1 aromatic rings. The second kappa shape index (κ2) is 6.53. The van der Waals surface area contributed by atoms with Gasteiger partial charge in [0.15, 0.2) is 0 Å². The van der Waals surface area contributed by atoms with Gasteiger partial charge in [-0.1, -0.05) is 32.0 Å². The number of benzene rings is 1. The van der Waals surface area contributed by atoms with Crippen LogP contribution in [0, 0.1) is 10.8 Å². The summed E-state index contributed by atoms with van der Waals surface area (Å²) in [5.74, 6) is -1.66. The van der Waals surface area contributed by atoms with Crippen molar-refractivity contribution >= 4 is 23.7 Å². The summed E-state index contributed by atoms with van der Waals surface area (Å²) in [4.78, 5) is 24.8. The van der Waals surface area contributed by atoms with Gasteiger partial charge in [0, 0.05) is 4.90 Å². The molecule has 6 heteroatoms. The Morgan fingerprint density at radius 3 is 2.30 bits per heavy atom. The van der Waals surface area contributed by atoms with Gasteiger partial charge in [-0.05, 0) is 30.9 Å². The third-order valence-electron chi connectivity index (χ3n) is 4.50. The molecule has 0 heterocycles. The van der Waals surface area contributed by atoms with E-state index in [9.17, 15) is 19.8 Å². The van der Waals surface area contributed by atoms with Crippen LogP contribution in [0.5, 0.6) is 0 Å². The average molecular weight is 338 g/mol. The number of carbonyl (C=O) groups excluding carboxylic acids is 1. The van der Waals surface area contributed by atoms with E-state index in [1.54, 1.807) is 20.8 Å². The minimum absolute atomic E-state index is 0.181. The number of hydrogen-bond donors (Lipinski definition) is 2. The lowest BCUT2D eigenvalue weighted by Crippen LogP contribution is -2.45. The van der Waals surface area contributed by atoms with Crippen molar-refractivity contribution in [3.63, 3.8) is 0 Å². The number of thioether (sulfide) groups is 1. The van der Waals surface area contributed by atoms with Crippen LogP contribution in [0.3, 0.4) is 0 Å². The van der Waals surface area contributed by atoms with Crippen LogP contribution in [0.1, 0.15) is 27.2 Å². The molecule has 3 atom stereocenters. The van der Waals surface area contributed by atoms with E-state index < -0.39 is 34.1 Å². The summed E-state index contributed by atoms with van der Waals surface area (Å²) in [5.41, 5.74) is -1.87. The van der Waals surface area contributed by atoms with Crippen LogP contribution in [-0.2, 0) is 14.3 Å². The monoisotopic (exact) mass is 338 g/mol. The number of carbonyl (C=O) groups is 2. The van der Waals surface area contributed by atoms with Crippen LogP contribution < -0.4 is 0 Å². The highest BCUT2D eigenvalue weighted by Gasteiger charge is 2.72. The highest BCUT2D eigenvalue weighted by atomic mass is 32.2. The van der Waals surface area contributed by atoms with E-state index in [-0.39, 0.29) is 6.61 Å². The lowest BCUT2D eigenvalue weighted by atomic mass is 9.88. The van der Waals surface area contributed by atoms with Crippen molar-refractivity contribution in [1.82, 2.24) is 0 Å². The minimum Gasteiger partial charge on any atom is -0.481 e. The van der Waals surface area contributed by atoms with Crippen LogP contribution in [-0.4, -0.2) is 40.1 Å². The fourth-order valence-corrected chi connectivity index (χ4v) is 4.15. The van der Waals surface area contributed by atoms with Gasteiger partial charge in [-0.2, -0.15) is 0 Å². The zero-order valence-electron chi connectivity index (χ0n) is 13.5. The molecule has 2 N–H and O–H groups in total. The molecule has 23 heavy (non-hydrogen) atoms. The first-order valence-electron chi connectivity index (χ1n) is 7.56. The molecule has 1 fully saturated rings. The summed E-state index contributed by atoms with van der Waals surface area (Å²) in [5, 5.41) is 19.4. The summed E-state index contributed by atoms with van der Waals surface area (Å²) >= 11 is 1.14. The zero-order chi connectivity index (χ0) is 17.3. The van der Waals surface area contributed by atoms with Crippen molar-refractivity contribution in [2.24, 2.45) is 10.8 Å². The Morgan fingerprint density at radius 2 is 1.87 bits per heavy atom. The molecule has 1 aromatic carbocycles. The first-order valence-corrected chi connectivity index (χ1v) is 8.44. The standard InChI is InChI=1S/C17H22O5S/c1-4-22-14(19)12(23-11-8-6-5-7-9-11)13(18)17(15(20)21)10-16(17,2)3/h5-9,12-13,18H,4,10H2,1-3H3,(H,20,21). The van der Waals surface area contributed by atoms with Crippen molar-refractivity contribution < 1.29 is 24.5 Å². The Hall–Kier alpha value is -1.53. The van der Waals surface area contributed by atoms with Gasteiger partial charge in [0.25, 0.3) is 0 Å². The molecule has 1 aliphatic carbocycles. The van der Waals surface area contributed by atoms with E-state index in [1.807, 2.05) is 30.3 Å². The van der Waals surface area contributed by atoms with Gasteiger partial charge in [-0.3, -0.25) is 9.59 Å². The summed E-state index contributed by atoms with van der Waals surface area (Å²) in [7, 11) is 0. The maximum atomic E-state index is 12.3. The number of carboxylic acids is 1. The van der Waals surface area contributed by atoms with E-state index >= 15 is 0 Å². The van der Waals surface area contributed by atoms with E-state index in [0.717, 1.165) is 16.7 Å². The predicted octanol–water partition coefficient (Wildman–Crippen LogP) is 2.57. The van der Waals surface area contributed by atoms with Crippen LogP contribution in [0.25, 0.3) is 0 Å². The molecule has 5 nitrogen and oxygen atoms in total. The second-order valence-electron chi connectivity index (χ2n) is 6.39. The Balaban J connectivity index is 2.30. The smallest absolute Gasteiger partial charge is 0.322 e. The van der Waals surface area contributed by atoms with E-state index in [4.69, 9.17) is 4.74 Å². The predicted molar refractivity (Wildman–Crippen MR) is 87.2 cm³/mol. The van der Waals surface area contributed by atoms with E-state index in [2.05, 4.69) is 0 Å². The highest BCUT2D eigenvalue weighted by molar-refractivity contribution is 8.00. The third-order valence-corrected chi connectivity index (χ3v) is 5.75. The quantitative estimate of drug-likeness (QED) is 0.587. The van der Waals surface area contributed by atoms with Gasteiger partial charge in [0.1, 0.15) is 10.7 Å². The first kappa shape index (κ1) is 17.8. The number of aliphatic carboxylic acids is 1. The fraction of sp³-hybridized carbons (Fsp3) is 0.529. The highest BCUT2D eigenvalue weighted by Crippen LogP contribution is 2.66. The molecule has 0 aliphatic heterocycles. The van der Waals surface area contributed by atoms with Crippen molar-refractivity contribution in [3.05, 3.63) is 30.3 Å². The van der Waals surface area contributed by atoms with Crippen LogP contribution >= 0.6 is 11.8 Å². The van der Waals surface area contributed by atoms with Crippen molar-refractivity contribution in [2.45, 2.75) is 43.4 Å². The Morgan fingerprint density at radius 1 is 1.30 bits per heavy atom. The maximum absolute atomic E-state index is 12.3. The molecule has 0 radical (unpaired) electrons. The number of ether oxygens (including phenoxy) is 1. The second-order valence-corrected chi connectivity index (χ2v) is 7.60. The summed E-state index contributed by atoms with van der Waals surface area (Å²) in [6.45, 7) is 5.45. The summed E-state index contributed by atoms with van der Waals surface area (Å²) < 4.78 is 5.06. The Bertz CT molecular complexity index is 586. The first-order chi connectivity index (χ1) is 10.8. The van der Waals surface area contributed by atoms with E-state index in [0.29, 0.717) is 6.42 Å². The number of hydrogen-bond acceptors (Lipinski definition) is 5. The topological polar surface area (TPSA) is 83.8 Å². The van der Waals surface area contributed by atoms with Gasteiger partial charge in [0.2, 0.25) is 0 Å². The van der Waals surface area contributed by atoms with Gasteiger partial charge in [0.05, 0.1) is 12.7 Å². The normalized spacial score (nSPS) is 24.5. The SMILES string of the molecule is CCOC(=O)C(Sc1ccccc1)C(O)C1(C(=O)O)CC1(C)C. The molecule has 3 unspecified atom stereocenters. The van der Waals surface area contributed by atoms with Gasteiger partial charge < -0.3 is 14.9 Å². The zero-order valence-corrected chi connectivity index (χ0v) is 14.3. The molecule has 126 valence electrons. The average Bonchev–Trinajstić information content (AvgIpc) is 3.10. The third kappa shape index (κ3) is 3.23. The number of aliphatic hydroxyl groups is 1.